The van der Waals surface area contributed by atoms with Crippen molar-refractivity contribution in [1.82, 2.24) is 0 Å². The van der Waals surface area contributed by atoms with Crippen molar-refractivity contribution in [2.24, 2.45) is 0 Å². The van der Waals surface area contributed by atoms with Crippen molar-refractivity contribution in [3.63, 3.8) is 0 Å². The molecule has 0 nitrogen and oxygen atoms in total. The third-order valence-corrected chi connectivity index (χ3v) is 5.73. The number of hydrogen-bond donors (Lipinski definition) is 0. The van der Waals surface area contributed by atoms with Crippen molar-refractivity contribution in [1.29, 1.82) is 0 Å². The Bertz CT molecular complexity index is 1250. The van der Waals surface area contributed by atoms with E-state index >= 15 is 0 Å². The van der Waals surface area contributed by atoms with Crippen molar-refractivity contribution in [2.75, 3.05) is 0 Å². The van der Waals surface area contributed by atoms with E-state index in [0.29, 0.717) is 18.4 Å². The fourth-order valence-corrected chi connectivity index (χ4v) is 3.74. The van der Waals surface area contributed by atoms with E-state index in [0.717, 1.165) is 36.6 Å². The summed E-state index contributed by atoms with van der Waals surface area (Å²) < 4.78 is 73.6. The minimum Gasteiger partial charge on any atom is -0.207 e. The highest BCUT2D eigenvalue weighted by Crippen LogP contribution is 2.35. The quantitative estimate of drug-likeness (QED) is 0.162. The fourth-order valence-electron chi connectivity index (χ4n) is 3.74. The lowest BCUT2D eigenvalue weighted by atomic mass is 9.98. The Morgan fingerprint density at radius 3 is 2.00 bits per heavy atom. The van der Waals surface area contributed by atoms with E-state index in [1.165, 1.54) is 24.3 Å². The maximum Gasteiger partial charge on any atom is 0.169 e. The first-order valence-electron chi connectivity index (χ1n) is 11.5. The lowest BCUT2D eigenvalue weighted by molar-refractivity contribution is 0.505. The van der Waals surface area contributed by atoms with Gasteiger partial charge in [-0.3, -0.25) is 0 Å². The summed E-state index contributed by atoms with van der Waals surface area (Å²) >= 11 is 0. The van der Waals surface area contributed by atoms with Crippen LogP contribution in [-0.2, 0) is 12.8 Å². The van der Waals surface area contributed by atoms with Crippen LogP contribution in [0, 0.1) is 17.5 Å². The zero-order chi connectivity index (χ0) is 25.4. The number of aryl methyl sites for hydroxylation is 2. The largest absolute Gasteiger partial charge is 0.207 e. The maximum absolute atomic E-state index is 14.8. The fraction of sp³-hybridized carbons (Fsp3) is 0.200. The maximum atomic E-state index is 14.8. The molecule has 3 rings (SSSR count). The molecule has 0 aromatic heterocycles. The molecule has 0 heterocycles. The second-order valence-electron chi connectivity index (χ2n) is 8.14. The molecule has 0 aliphatic carbocycles. The van der Waals surface area contributed by atoms with Crippen LogP contribution in [0.25, 0.3) is 22.8 Å². The van der Waals surface area contributed by atoms with Gasteiger partial charge in [0.2, 0.25) is 0 Å². The Morgan fingerprint density at radius 1 is 0.714 bits per heavy atom. The molecule has 0 atom stereocenters. The summed E-state index contributed by atoms with van der Waals surface area (Å²) in [7, 11) is 0. The molecule has 0 radical (unpaired) electrons. The molecule has 3 aromatic carbocycles. The molecule has 0 aliphatic heterocycles. The predicted octanol–water partition coefficient (Wildman–Crippen LogP) is 9.55. The van der Waals surface area contributed by atoms with Gasteiger partial charge in [0, 0.05) is 11.1 Å². The van der Waals surface area contributed by atoms with Gasteiger partial charge in [-0.25, -0.2) is 22.0 Å². The summed E-state index contributed by atoms with van der Waals surface area (Å²) in [5.41, 5.74) is 0.374. The Hall–Kier alpha value is -3.47. The van der Waals surface area contributed by atoms with E-state index in [1.807, 2.05) is 38.2 Å². The number of benzene rings is 3. The van der Waals surface area contributed by atoms with Gasteiger partial charge in [0.15, 0.2) is 23.3 Å². The minimum atomic E-state index is -1.53. The zero-order valence-corrected chi connectivity index (χ0v) is 19.7. The molecule has 0 unspecified atom stereocenters. The van der Waals surface area contributed by atoms with Gasteiger partial charge in [0.25, 0.3) is 0 Å². The Kier molecular flexibility index (Phi) is 9.18. The molecule has 182 valence electrons. The molecule has 0 aliphatic rings. The molecule has 3 aromatic rings. The van der Waals surface area contributed by atoms with E-state index in [2.05, 4.69) is 0 Å². The highest BCUT2D eigenvalue weighted by Gasteiger charge is 2.21. The van der Waals surface area contributed by atoms with Gasteiger partial charge in [-0.15, -0.1) is 0 Å². The van der Waals surface area contributed by atoms with E-state index < -0.39 is 34.7 Å². The number of hydrogen-bond acceptors (Lipinski definition) is 0. The average molecular weight is 483 g/mol. The van der Waals surface area contributed by atoms with Gasteiger partial charge in [0.05, 0.1) is 5.56 Å². The second-order valence-corrected chi connectivity index (χ2v) is 8.14. The molecule has 0 bridgehead atoms. The zero-order valence-electron chi connectivity index (χ0n) is 19.7. The monoisotopic (exact) mass is 482 g/mol. The SMILES string of the molecule is C/C=C/CCc1ccc(/C(F)=C(\F)c2ccc(-c3ccc(CC/C=C/C)c(F)c3)c(F)c2F)cc1. The van der Waals surface area contributed by atoms with Gasteiger partial charge < -0.3 is 0 Å². The van der Waals surface area contributed by atoms with Crippen molar-refractivity contribution < 1.29 is 22.0 Å². The Balaban J connectivity index is 1.87. The molecule has 0 saturated heterocycles. The minimum absolute atomic E-state index is 0.0725. The average Bonchev–Trinajstić information content (AvgIpc) is 2.86. The van der Waals surface area contributed by atoms with Gasteiger partial charge in [0.1, 0.15) is 5.82 Å². The Labute approximate surface area is 203 Å². The molecule has 35 heavy (non-hydrogen) atoms. The lowest BCUT2D eigenvalue weighted by Crippen LogP contribution is -1.98. The van der Waals surface area contributed by atoms with Crippen molar-refractivity contribution >= 4 is 11.7 Å². The smallest absolute Gasteiger partial charge is 0.169 e. The molecule has 0 fully saturated rings. The molecule has 0 amide bonds. The normalized spacial score (nSPS) is 12.5. The highest BCUT2D eigenvalue weighted by atomic mass is 19.2. The summed E-state index contributed by atoms with van der Waals surface area (Å²) in [5.74, 6) is -6.23. The van der Waals surface area contributed by atoms with E-state index in [9.17, 15) is 22.0 Å². The topological polar surface area (TPSA) is 0 Å². The van der Waals surface area contributed by atoms with Crippen LogP contribution >= 0.6 is 0 Å². The molecule has 0 spiro atoms. The number of allylic oxidation sites excluding steroid dienone is 4. The highest BCUT2D eigenvalue weighted by molar-refractivity contribution is 5.84. The molecular formula is C30H27F5. The summed E-state index contributed by atoms with van der Waals surface area (Å²) in [4.78, 5) is 0. The van der Waals surface area contributed by atoms with Gasteiger partial charge in [-0.2, -0.15) is 0 Å². The van der Waals surface area contributed by atoms with Crippen molar-refractivity contribution in [3.8, 4) is 11.1 Å². The Morgan fingerprint density at radius 2 is 1.37 bits per heavy atom. The van der Waals surface area contributed by atoms with Gasteiger partial charge in [-0.05, 0) is 68.4 Å². The predicted molar refractivity (Wildman–Crippen MR) is 133 cm³/mol. The van der Waals surface area contributed by atoms with Crippen LogP contribution in [0.4, 0.5) is 22.0 Å². The number of rotatable bonds is 9. The third-order valence-electron chi connectivity index (χ3n) is 5.73. The van der Waals surface area contributed by atoms with Crippen LogP contribution in [0.2, 0.25) is 0 Å². The molecule has 0 saturated carbocycles. The van der Waals surface area contributed by atoms with Crippen LogP contribution < -0.4 is 0 Å². The first-order valence-corrected chi connectivity index (χ1v) is 11.5. The second kappa shape index (κ2) is 12.3. The van der Waals surface area contributed by atoms with Crippen LogP contribution in [0.3, 0.4) is 0 Å². The van der Waals surface area contributed by atoms with Crippen molar-refractivity contribution in [3.05, 3.63) is 119 Å². The van der Waals surface area contributed by atoms with Crippen molar-refractivity contribution in [2.45, 2.75) is 39.5 Å². The van der Waals surface area contributed by atoms with E-state index in [-0.39, 0.29) is 16.7 Å². The van der Waals surface area contributed by atoms with Crippen LogP contribution in [0.15, 0.2) is 78.9 Å². The molecular weight excluding hydrogens is 455 g/mol. The first-order chi connectivity index (χ1) is 16.9. The van der Waals surface area contributed by atoms with E-state index in [4.69, 9.17) is 0 Å². The van der Waals surface area contributed by atoms with Crippen LogP contribution in [0.5, 0.6) is 0 Å². The van der Waals surface area contributed by atoms with Crippen LogP contribution in [-0.4, -0.2) is 0 Å². The molecule has 0 N–H and O–H groups in total. The summed E-state index contributed by atoms with van der Waals surface area (Å²) in [5, 5.41) is 0. The van der Waals surface area contributed by atoms with Gasteiger partial charge >= 0.3 is 0 Å². The lowest BCUT2D eigenvalue weighted by Gasteiger charge is -2.10. The standard InChI is InChI=1S/C30H27F5/c1-3-5-7-9-20-11-13-22(14-12-20)27(32)29(34)25-18-17-24(28(33)30(25)35)23-16-15-21(26(31)19-23)10-8-6-4-2/h3-6,11-19H,7-10H2,1-2H3/b5-3+,6-4+,29-27+. The summed E-state index contributed by atoms with van der Waals surface area (Å²) in [6.07, 6.45) is 10.4. The summed E-state index contributed by atoms with van der Waals surface area (Å²) in [6.45, 7) is 3.79. The van der Waals surface area contributed by atoms with Crippen LogP contribution in [0.1, 0.15) is 48.9 Å². The van der Waals surface area contributed by atoms with Gasteiger partial charge in [-0.1, -0.05) is 66.8 Å². The van der Waals surface area contributed by atoms with E-state index in [1.54, 1.807) is 12.1 Å². The molecule has 5 heteroatoms. The number of halogens is 5. The summed E-state index contributed by atoms with van der Waals surface area (Å²) in [6, 6.07) is 12.4. The first kappa shape index (κ1) is 26.1. The third kappa shape index (κ3) is 6.36.